The Hall–Kier alpha value is -2.04. The molecule has 0 atom stereocenters. The first-order valence-corrected chi connectivity index (χ1v) is 9.08. The van der Waals surface area contributed by atoms with Gasteiger partial charge in [-0.2, -0.15) is 4.57 Å². The minimum Gasteiger partial charge on any atom is -0.315 e. The van der Waals surface area contributed by atoms with Crippen molar-refractivity contribution in [1.29, 1.82) is 0 Å². The molecule has 3 fully saturated rings. The fourth-order valence-electron chi connectivity index (χ4n) is 4.45. The number of fused-ring (bicyclic) bond motifs is 5. The molecular weight excluding hydrogens is 296 g/mol. The Morgan fingerprint density at radius 1 is 0.833 bits per heavy atom. The summed E-state index contributed by atoms with van der Waals surface area (Å²) in [6.07, 6.45) is 0. The van der Waals surface area contributed by atoms with E-state index in [4.69, 9.17) is 4.98 Å². The van der Waals surface area contributed by atoms with Gasteiger partial charge in [0.2, 0.25) is 11.0 Å². The lowest BCUT2D eigenvalue weighted by Crippen LogP contribution is -2.68. The van der Waals surface area contributed by atoms with Crippen molar-refractivity contribution < 1.29 is 9.05 Å². The molecule has 4 heteroatoms. The summed E-state index contributed by atoms with van der Waals surface area (Å²) in [6, 6.07) is 17.1. The van der Waals surface area contributed by atoms with E-state index < -0.39 is 0 Å². The average molecular weight is 320 g/mol. The molecule has 0 amide bonds. The van der Waals surface area contributed by atoms with Gasteiger partial charge in [0, 0.05) is 31.8 Å². The van der Waals surface area contributed by atoms with Crippen molar-refractivity contribution in [1.82, 2.24) is 9.88 Å². The zero-order valence-electron chi connectivity index (χ0n) is 14.1. The first-order chi connectivity index (χ1) is 11.8. The molecular formula is C20H24N4+2. The van der Waals surface area contributed by atoms with E-state index >= 15 is 0 Å². The normalized spacial score (nSPS) is 26.2. The van der Waals surface area contributed by atoms with Crippen LogP contribution in [0.2, 0.25) is 0 Å². The Labute approximate surface area is 142 Å². The maximum atomic E-state index is 4.85. The molecule has 0 spiro atoms. The van der Waals surface area contributed by atoms with Gasteiger partial charge in [0.05, 0.1) is 19.6 Å². The minimum atomic E-state index is 1.07. The Kier molecular flexibility index (Phi) is 3.28. The number of benzene rings is 2. The first-order valence-electron chi connectivity index (χ1n) is 9.08. The quantitative estimate of drug-likeness (QED) is 0.417. The second-order valence-corrected chi connectivity index (χ2v) is 7.32. The molecule has 3 saturated heterocycles. The molecule has 6 rings (SSSR count). The second kappa shape index (κ2) is 5.50. The molecule has 2 aromatic carbocycles. The summed E-state index contributed by atoms with van der Waals surface area (Å²) in [5, 5.41) is 0. The smallest absolute Gasteiger partial charge is 0.231 e. The number of para-hydroxylation sites is 4. The van der Waals surface area contributed by atoms with E-state index in [0.717, 1.165) is 17.6 Å². The molecule has 0 saturated carbocycles. The van der Waals surface area contributed by atoms with E-state index in [1.165, 1.54) is 61.3 Å². The third-order valence-corrected chi connectivity index (χ3v) is 6.06. The average Bonchev–Trinajstić information content (AvgIpc) is 2.66. The van der Waals surface area contributed by atoms with Gasteiger partial charge in [-0.1, -0.05) is 24.3 Å². The summed E-state index contributed by atoms with van der Waals surface area (Å²) >= 11 is 0. The lowest BCUT2D eigenvalue weighted by molar-refractivity contribution is -0.953. The summed E-state index contributed by atoms with van der Waals surface area (Å²) in [6.45, 7) is 10.1. The van der Waals surface area contributed by atoms with Gasteiger partial charge in [-0.25, -0.2) is 4.98 Å². The summed E-state index contributed by atoms with van der Waals surface area (Å²) < 4.78 is 3.79. The topological polar surface area (TPSA) is 20.0 Å². The number of quaternary nitrogens is 1. The molecule has 0 unspecified atom stereocenters. The molecule has 3 aromatic rings. The van der Waals surface area contributed by atoms with E-state index in [0.29, 0.717) is 0 Å². The highest BCUT2D eigenvalue weighted by atomic mass is 15.5. The third kappa shape index (κ3) is 2.29. The lowest BCUT2D eigenvalue weighted by atomic mass is 10.1. The van der Waals surface area contributed by atoms with Crippen LogP contribution in [0.3, 0.4) is 0 Å². The zero-order valence-corrected chi connectivity index (χ0v) is 14.1. The number of aromatic nitrogens is 2. The summed E-state index contributed by atoms with van der Waals surface area (Å²) in [5.74, 6) is 0. The lowest BCUT2D eigenvalue weighted by Gasteiger charge is -2.50. The molecule has 1 aromatic heterocycles. The van der Waals surface area contributed by atoms with Gasteiger partial charge in [-0.3, -0.25) is 4.90 Å². The van der Waals surface area contributed by atoms with Gasteiger partial charge in [-0.05, 0) is 12.1 Å². The van der Waals surface area contributed by atoms with Crippen LogP contribution in [-0.4, -0.2) is 60.2 Å². The predicted octanol–water partition coefficient (Wildman–Crippen LogP) is 1.82. The maximum Gasteiger partial charge on any atom is 0.231 e. The van der Waals surface area contributed by atoms with Gasteiger partial charge < -0.3 is 4.48 Å². The minimum absolute atomic E-state index is 1.07. The Balaban J connectivity index is 1.57. The summed E-state index contributed by atoms with van der Waals surface area (Å²) in [5.41, 5.74) is 4.70. The number of nitrogens with zero attached hydrogens (tertiary/aromatic N) is 4. The summed E-state index contributed by atoms with van der Waals surface area (Å²) in [4.78, 5) is 7.46. The highest BCUT2D eigenvalue weighted by Gasteiger charge is 2.39. The fourth-order valence-corrected chi connectivity index (χ4v) is 4.45. The first kappa shape index (κ1) is 14.3. The molecule has 4 heterocycles. The molecule has 0 radical (unpaired) electrons. The van der Waals surface area contributed by atoms with Crippen LogP contribution in [0.5, 0.6) is 0 Å². The van der Waals surface area contributed by atoms with E-state index in [1.807, 2.05) is 0 Å². The van der Waals surface area contributed by atoms with Gasteiger partial charge in [-0.15, -0.1) is 0 Å². The van der Waals surface area contributed by atoms with Crippen LogP contribution in [0.15, 0.2) is 48.5 Å². The van der Waals surface area contributed by atoms with Crippen molar-refractivity contribution in [3.63, 3.8) is 0 Å². The molecule has 3 aliphatic heterocycles. The van der Waals surface area contributed by atoms with Crippen LogP contribution in [-0.2, 0) is 6.54 Å². The maximum absolute atomic E-state index is 4.85. The highest BCUT2D eigenvalue weighted by Crippen LogP contribution is 2.20. The highest BCUT2D eigenvalue weighted by molar-refractivity contribution is 5.81. The van der Waals surface area contributed by atoms with Crippen LogP contribution in [0.1, 0.15) is 0 Å². The number of piperazine rings is 3. The van der Waals surface area contributed by atoms with Gasteiger partial charge in [0.15, 0.2) is 6.54 Å². The van der Waals surface area contributed by atoms with Gasteiger partial charge in [0.1, 0.15) is 17.6 Å². The zero-order chi connectivity index (χ0) is 16.0. The fraction of sp³-hybridized carbons (Fsp3) is 0.400. The van der Waals surface area contributed by atoms with E-state index in [9.17, 15) is 0 Å². The van der Waals surface area contributed by atoms with Gasteiger partial charge >= 0.3 is 0 Å². The second-order valence-electron chi connectivity index (χ2n) is 7.32. The van der Waals surface area contributed by atoms with Crippen LogP contribution < -0.4 is 4.57 Å². The largest absolute Gasteiger partial charge is 0.315 e. The van der Waals surface area contributed by atoms with Crippen molar-refractivity contribution in [3.05, 3.63) is 48.5 Å². The van der Waals surface area contributed by atoms with Gasteiger partial charge in [0.25, 0.3) is 0 Å². The van der Waals surface area contributed by atoms with Crippen molar-refractivity contribution in [2.75, 3.05) is 45.8 Å². The predicted molar refractivity (Wildman–Crippen MR) is 95.6 cm³/mol. The molecule has 24 heavy (non-hydrogen) atoms. The number of hydrogen-bond acceptors (Lipinski definition) is 2. The SMILES string of the molecule is c1ccc2c(c1)nc1ccccc1[n+]2CC[N+]12CCN(CC1)CC2. The third-order valence-electron chi connectivity index (χ3n) is 6.06. The Morgan fingerprint density at radius 2 is 1.38 bits per heavy atom. The Bertz CT molecular complexity index is 829. The van der Waals surface area contributed by atoms with Crippen LogP contribution in [0.25, 0.3) is 22.1 Å². The monoisotopic (exact) mass is 320 g/mol. The Morgan fingerprint density at radius 3 is 1.96 bits per heavy atom. The van der Waals surface area contributed by atoms with E-state index in [1.54, 1.807) is 0 Å². The number of rotatable bonds is 3. The summed E-state index contributed by atoms with van der Waals surface area (Å²) in [7, 11) is 0. The molecule has 2 bridgehead atoms. The van der Waals surface area contributed by atoms with Crippen LogP contribution >= 0.6 is 0 Å². The van der Waals surface area contributed by atoms with Crippen LogP contribution in [0.4, 0.5) is 0 Å². The molecule has 0 aliphatic carbocycles. The molecule has 0 N–H and O–H groups in total. The van der Waals surface area contributed by atoms with Crippen molar-refractivity contribution in [2.45, 2.75) is 6.54 Å². The molecule has 3 aliphatic rings. The number of hydrogen-bond donors (Lipinski definition) is 0. The van der Waals surface area contributed by atoms with Crippen molar-refractivity contribution in [3.8, 4) is 0 Å². The molecule has 122 valence electrons. The standard InChI is InChI=1S/C20H24N4/c1-3-7-19-17(5-1)21-18-6-2-4-8-20(18)23(19)12-16-24-13-9-22(10-14-24)11-15-24/h1-8H,9-16H2/q+2. The van der Waals surface area contributed by atoms with Crippen molar-refractivity contribution >= 4 is 22.1 Å². The molecule has 4 nitrogen and oxygen atoms in total. The van der Waals surface area contributed by atoms with E-state index in [2.05, 4.69) is 58.0 Å². The van der Waals surface area contributed by atoms with Crippen LogP contribution in [0, 0.1) is 0 Å². The van der Waals surface area contributed by atoms with Crippen molar-refractivity contribution in [2.24, 2.45) is 0 Å². The van der Waals surface area contributed by atoms with E-state index in [-0.39, 0.29) is 0 Å².